The molecule has 1 saturated heterocycles. The predicted octanol–water partition coefficient (Wildman–Crippen LogP) is 3.52. The highest BCUT2D eigenvalue weighted by Crippen LogP contribution is 2.65. The van der Waals surface area contributed by atoms with E-state index in [1.54, 1.807) is 6.21 Å². The minimum absolute atomic E-state index is 0.117. The number of aromatic nitrogens is 1. The van der Waals surface area contributed by atoms with Gasteiger partial charge in [-0.05, 0) is 43.1 Å². The first kappa shape index (κ1) is 17.0. The van der Waals surface area contributed by atoms with Gasteiger partial charge < -0.3 is 4.57 Å². The zero-order chi connectivity index (χ0) is 19.9. The topological polar surface area (TPSA) is 54.7 Å². The minimum atomic E-state index is -0.207. The summed E-state index contributed by atoms with van der Waals surface area (Å²) < 4.78 is 2.18. The number of amides is 2. The van der Waals surface area contributed by atoms with Crippen LogP contribution in [0.1, 0.15) is 17.7 Å². The second kappa shape index (κ2) is 5.78. The average molecular weight is 385 g/mol. The molecule has 5 nitrogen and oxygen atoms in total. The maximum absolute atomic E-state index is 13.1. The Morgan fingerprint density at radius 2 is 1.76 bits per heavy atom. The highest BCUT2D eigenvalue weighted by Gasteiger charge is 2.67. The maximum atomic E-state index is 13.1. The van der Waals surface area contributed by atoms with Crippen molar-refractivity contribution in [2.24, 2.45) is 40.6 Å². The van der Waals surface area contributed by atoms with Crippen LogP contribution < -0.4 is 0 Å². The Kier molecular flexibility index (Phi) is 3.38. The zero-order valence-electron chi connectivity index (χ0n) is 16.4. The summed E-state index contributed by atoms with van der Waals surface area (Å²) in [5.74, 6) is 1.01. The lowest BCUT2D eigenvalue weighted by atomic mass is 9.63. The highest BCUT2D eigenvalue weighted by atomic mass is 16.2. The lowest BCUT2D eigenvalue weighted by molar-refractivity contribution is -0.140. The molecule has 0 unspecified atom stereocenters. The lowest BCUT2D eigenvalue weighted by Crippen LogP contribution is -2.40. The lowest BCUT2D eigenvalue weighted by Gasteiger charge is -2.37. The smallest absolute Gasteiger partial charge is 0.254 e. The van der Waals surface area contributed by atoms with Crippen molar-refractivity contribution in [3.63, 3.8) is 0 Å². The van der Waals surface area contributed by atoms with Gasteiger partial charge in [0, 0.05) is 28.7 Å². The SMILES string of the molecule is C=CCn1c(C)c(/C=N\N2C(=O)[C@@H]3[C@H]4C=C[C@@H]([C@@H]5C[C@H]45)[C@@H]3C2=O)c2ccccc21. The molecule has 7 rings (SSSR count). The van der Waals surface area contributed by atoms with Crippen molar-refractivity contribution in [3.8, 4) is 0 Å². The molecule has 0 radical (unpaired) electrons. The molecule has 2 heterocycles. The van der Waals surface area contributed by atoms with Crippen molar-refractivity contribution < 1.29 is 9.59 Å². The van der Waals surface area contributed by atoms with E-state index in [9.17, 15) is 9.59 Å². The van der Waals surface area contributed by atoms with Crippen LogP contribution in [0.4, 0.5) is 0 Å². The molecule has 2 aromatic rings. The van der Waals surface area contributed by atoms with Crippen molar-refractivity contribution in [2.45, 2.75) is 19.9 Å². The third kappa shape index (κ3) is 2.13. The Labute approximate surface area is 169 Å². The normalized spacial score (nSPS) is 34.3. The molecule has 2 amide bonds. The molecule has 5 heteroatoms. The van der Waals surface area contributed by atoms with E-state index >= 15 is 0 Å². The van der Waals surface area contributed by atoms with Crippen LogP contribution in [-0.4, -0.2) is 27.6 Å². The van der Waals surface area contributed by atoms with E-state index in [4.69, 9.17) is 0 Å². The second-order valence-corrected chi connectivity index (χ2v) is 8.80. The third-order valence-electron chi connectivity index (χ3n) is 7.53. The molecule has 1 aliphatic heterocycles. The largest absolute Gasteiger partial charge is 0.340 e. The van der Waals surface area contributed by atoms with Gasteiger partial charge in [-0.2, -0.15) is 10.1 Å². The Balaban J connectivity index is 1.37. The van der Waals surface area contributed by atoms with Gasteiger partial charge in [-0.3, -0.25) is 9.59 Å². The van der Waals surface area contributed by atoms with Gasteiger partial charge in [0.05, 0.1) is 18.1 Å². The number of nitrogens with zero attached hydrogens (tertiary/aromatic N) is 3. The molecule has 0 spiro atoms. The van der Waals surface area contributed by atoms with Crippen molar-refractivity contribution >= 4 is 28.9 Å². The van der Waals surface area contributed by atoms with Crippen LogP contribution in [0.2, 0.25) is 0 Å². The fourth-order valence-electron chi connectivity index (χ4n) is 6.16. The highest BCUT2D eigenvalue weighted by molar-refractivity contribution is 6.08. The summed E-state index contributed by atoms with van der Waals surface area (Å²) >= 11 is 0. The number of rotatable bonds is 4. The van der Waals surface area contributed by atoms with E-state index in [1.807, 2.05) is 31.2 Å². The van der Waals surface area contributed by atoms with E-state index < -0.39 is 0 Å². The molecule has 146 valence electrons. The van der Waals surface area contributed by atoms with Gasteiger partial charge in [0.15, 0.2) is 0 Å². The molecule has 5 aliphatic rings. The van der Waals surface area contributed by atoms with Gasteiger partial charge in [0.25, 0.3) is 11.8 Å². The summed E-state index contributed by atoms with van der Waals surface area (Å²) in [6.45, 7) is 6.59. The van der Waals surface area contributed by atoms with Crippen LogP contribution in [0.5, 0.6) is 0 Å². The number of fused-ring (bicyclic) bond motifs is 1. The summed E-state index contributed by atoms with van der Waals surface area (Å²) in [4.78, 5) is 26.2. The van der Waals surface area contributed by atoms with E-state index in [2.05, 4.69) is 34.5 Å². The first-order valence-electron chi connectivity index (χ1n) is 10.4. The number of hydrazone groups is 1. The number of carbonyl (C=O) groups excluding carboxylic acids is 2. The first-order valence-corrected chi connectivity index (χ1v) is 10.4. The molecule has 2 saturated carbocycles. The Bertz CT molecular complexity index is 1100. The molecule has 1 aromatic carbocycles. The van der Waals surface area contributed by atoms with Gasteiger partial charge in [-0.15, -0.1) is 6.58 Å². The fourth-order valence-corrected chi connectivity index (χ4v) is 6.16. The van der Waals surface area contributed by atoms with Gasteiger partial charge in [0.1, 0.15) is 0 Å². The first-order chi connectivity index (χ1) is 14.1. The number of imide groups is 1. The minimum Gasteiger partial charge on any atom is -0.340 e. The van der Waals surface area contributed by atoms with Crippen molar-refractivity contribution in [2.75, 3.05) is 0 Å². The summed E-state index contributed by atoms with van der Waals surface area (Å²) in [5, 5.41) is 6.67. The predicted molar refractivity (Wildman–Crippen MR) is 111 cm³/mol. The molecule has 3 fully saturated rings. The molecule has 6 atom stereocenters. The van der Waals surface area contributed by atoms with E-state index in [0.717, 1.165) is 27.2 Å². The number of benzene rings is 1. The van der Waals surface area contributed by atoms with Gasteiger partial charge in [0.2, 0.25) is 0 Å². The number of para-hydroxylation sites is 1. The van der Waals surface area contributed by atoms with Crippen LogP contribution in [0.3, 0.4) is 0 Å². The van der Waals surface area contributed by atoms with Crippen molar-refractivity contribution in [1.82, 2.24) is 9.58 Å². The van der Waals surface area contributed by atoms with Gasteiger partial charge >= 0.3 is 0 Å². The number of hydrogen-bond acceptors (Lipinski definition) is 3. The molecular weight excluding hydrogens is 362 g/mol. The second-order valence-electron chi connectivity index (χ2n) is 8.80. The van der Waals surface area contributed by atoms with Gasteiger partial charge in [-0.1, -0.05) is 36.4 Å². The van der Waals surface area contributed by atoms with Crippen LogP contribution in [0.25, 0.3) is 10.9 Å². The van der Waals surface area contributed by atoms with E-state index in [0.29, 0.717) is 18.4 Å². The summed E-state index contributed by atoms with van der Waals surface area (Å²) in [7, 11) is 0. The average Bonchev–Trinajstić information content (AvgIpc) is 3.47. The van der Waals surface area contributed by atoms with Gasteiger partial charge in [-0.25, -0.2) is 0 Å². The van der Waals surface area contributed by atoms with Crippen LogP contribution in [0.15, 0.2) is 54.2 Å². The molecule has 0 N–H and O–H groups in total. The van der Waals surface area contributed by atoms with Crippen molar-refractivity contribution in [3.05, 3.63) is 60.3 Å². The zero-order valence-corrected chi connectivity index (χ0v) is 16.4. The molecule has 1 aromatic heterocycles. The fraction of sp³-hybridized carbons (Fsp3) is 0.375. The number of allylic oxidation sites excluding steroid dienone is 3. The number of carbonyl (C=O) groups is 2. The van der Waals surface area contributed by atoms with E-state index in [-0.39, 0.29) is 35.5 Å². The van der Waals surface area contributed by atoms with Crippen LogP contribution in [-0.2, 0) is 16.1 Å². The molecule has 4 aliphatic carbocycles. The van der Waals surface area contributed by atoms with Crippen molar-refractivity contribution in [1.29, 1.82) is 0 Å². The van der Waals surface area contributed by atoms with Crippen LogP contribution >= 0.6 is 0 Å². The quantitative estimate of drug-likeness (QED) is 0.459. The molecule has 2 bridgehead atoms. The Morgan fingerprint density at radius 3 is 2.41 bits per heavy atom. The Morgan fingerprint density at radius 1 is 1.10 bits per heavy atom. The summed E-state index contributed by atoms with van der Waals surface area (Å²) in [5.41, 5.74) is 3.10. The third-order valence-corrected chi connectivity index (χ3v) is 7.53. The summed E-state index contributed by atoms with van der Waals surface area (Å²) in [6, 6.07) is 8.12. The van der Waals surface area contributed by atoms with E-state index in [1.165, 1.54) is 6.42 Å². The molecule has 29 heavy (non-hydrogen) atoms. The number of hydrogen-bond donors (Lipinski definition) is 0. The standard InChI is InChI=1S/C24H23N3O2/c1-3-10-26-13(2)19(14-6-4-5-7-20(14)26)12-25-27-23(28)21-15-8-9-16(18-11-17(15)18)22(21)24(27)29/h3-9,12,15-18,21-22H,1,10-11H2,2H3/b25-12-/t15-,16-,17-,18+,21-,22+/m0/s1. The van der Waals surface area contributed by atoms with Crippen LogP contribution in [0, 0.1) is 42.4 Å². The molecular formula is C24H23N3O2. The monoisotopic (exact) mass is 385 g/mol. The Hall–Kier alpha value is -2.95. The maximum Gasteiger partial charge on any atom is 0.254 e. The summed E-state index contributed by atoms with van der Waals surface area (Å²) in [6.07, 6.45) is 9.10.